The second-order valence-electron chi connectivity index (χ2n) is 4.74. The molecule has 1 nitrogen and oxygen atoms in total. The monoisotopic (exact) mass is 340 g/mol. The molecule has 3 aromatic rings. The third-order valence-electron chi connectivity index (χ3n) is 3.46. The normalized spacial score (nSPS) is 15.3. The second-order valence-corrected chi connectivity index (χ2v) is 7.68. The standard InChI is InChI=1S/C15H10Cl2OS2/c16-9-5-8-1-3-18-15(8)10(6-9)14(17)13-7-12-11(20-13)2-4-19-12/h2,4-7,14H,1,3H2. The predicted molar refractivity (Wildman–Crippen MR) is 88.0 cm³/mol. The molecule has 0 spiro atoms. The number of hydrogen-bond donors (Lipinski definition) is 0. The lowest BCUT2D eigenvalue weighted by Gasteiger charge is -2.13. The van der Waals surface area contributed by atoms with Gasteiger partial charge in [0.1, 0.15) is 5.75 Å². The highest BCUT2D eigenvalue weighted by Gasteiger charge is 2.24. The summed E-state index contributed by atoms with van der Waals surface area (Å²) in [5, 5.41) is 2.63. The first kappa shape index (κ1) is 13.0. The van der Waals surface area contributed by atoms with Crippen LogP contribution in [0.5, 0.6) is 5.75 Å². The average Bonchev–Trinajstić information content (AvgIpc) is 3.10. The van der Waals surface area contributed by atoms with Crippen molar-refractivity contribution in [2.24, 2.45) is 0 Å². The SMILES string of the molecule is Clc1cc2c(c(C(Cl)c3cc4sccc4s3)c1)OCC2. The first-order valence-electron chi connectivity index (χ1n) is 6.28. The van der Waals surface area contributed by atoms with E-state index in [1.165, 1.54) is 9.40 Å². The van der Waals surface area contributed by atoms with Crippen molar-refractivity contribution in [3.8, 4) is 5.75 Å². The zero-order valence-electron chi connectivity index (χ0n) is 10.4. The Morgan fingerprint density at radius 1 is 1.20 bits per heavy atom. The highest BCUT2D eigenvalue weighted by molar-refractivity contribution is 7.27. The number of hydrogen-bond acceptors (Lipinski definition) is 3. The van der Waals surface area contributed by atoms with Crippen molar-refractivity contribution < 1.29 is 4.74 Å². The van der Waals surface area contributed by atoms with Gasteiger partial charge in [0.05, 0.1) is 12.0 Å². The molecular weight excluding hydrogens is 331 g/mol. The van der Waals surface area contributed by atoms with E-state index in [9.17, 15) is 0 Å². The lowest BCUT2D eigenvalue weighted by atomic mass is 10.0. The van der Waals surface area contributed by atoms with Crippen molar-refractivity contribution in [1.29, 1.82) is 0 Å². The Morgan fingerprint density at radius 2 is 2.10 bits per heavy atom. The molecule has 1 aliphatic heterocycles. The van der Waals surface area contributed by atoms with Gasteiger partial charge < -0.3 is 4.74 Å². The topological polar surface area (TPSA) is 9.23 Å². The van der Waals surface area contributed by atoms with Crippen LogP contribution in [0, 0.1) is 0 Å². The molecule has 0 aliphatic carbocycles. The van der Waals surface area contributed by atoms with Crippen LogP contribution in [0.1, 0.15) is 21.4 Å². The molecule has 0 fully saturated rings. The minimum atomic E-state index is -0.204. The molecule has 1 aliphatic rings. The summed E-state index contributed by atoms with van der Waals surface area (Å²) in [5.74, 6) is 0.922. The highest BCUT2D eigenvalue weighted by Crippen LogP contribution is 2.45. The molecule has 0 bridgehead atoms. The Kier molecular flexibility index (Phi) is 3.19. The summed E-state index contributed by atoms with van der Waals surface area (Å²) in [6, 6.07) is 8.21. The van der Waals surface area contributed by atoms with Gasteiger partial charge in [-0.15, -0.1) is 34.3 Å². The number of fused-ring (bicyclic) bond motifs is 2. The molecule has 3 heterocycles. The lowest BCUT2D eigenvalue weighted by Crippen LogP contribution is -1.95. The van der Waals surface area contributed by atoms with Crippen molar-refractivity contribution in [2.45, 2.75) is 11.8 Å². The largest absolute Gasteiger partial charge is 0.493 e. The maximum absolute atomic E-state index is 6.69. The molecule has 5 heteroatoms. The van der Waals surface area contributed by atoms with Crippen LogP contribution in [-0.2, 0) is 6.42 Å². The molecule has 0 amide bonds. The number of alkyl halides is 1. The van der Waals surface area contributed by atoms with Crippen LogP contribution in [0.25, 0.3) is 9.40 Å². The van der Waals surface area contributed by atoms with E-state index in [1.54, 1.807) is 22.7 Å². The van der Waals surface area contributed by atoms with Gasteiger partial charge in [-0.3, -0.25) is 0 Å². The Hall–Kier alpha value is -0.740. The fourth-order valence-electron chi connectivity index (χ4n) is 2.55. The van der Waals surface area contributed by atoms with E-state index in [0.29, 0.717) is 6.61 Å². The first-order chi connectivity index (χ1) is 9.72. The highest BCUT2D eigenvalue weighted by atomic mass is 35.5. The maximum Gasteiger partial charge on any atom is 0.127 e. The molecule has 102 valence electrons. The van der Waals surface area contributed by atoms with Crippen LogP contribution in [-0.4, -0.2) is 6.61 Å². The van der Waals surface area contributed by atoms with Crippen molar-refractivity contribution in [3.63, 3.8) is 0 Å². The Morgan fingerprint density at radius 3 is 2.95 bits per heavy atom. The third kappa shape index (κ3) is 2.04. The van der Waals surface area contributed by atoms with Gasteiger partial charge >= 0.3 is 0 Å². The van der Waals surface area contributed by atoms with Gasteiger partial charge in [-0.05, 0) is 35.2 Å². The van der Waals surface area contributed by atoms with Gasteiger partial charge in [0, 0.05) is 31.3 Å². The summed E-state index contributed by atoms with van der Waals surface area (Å²) in [7, 11) is 0. The third-order valence-corrected chi connectivity index (χ3v) is 6.43. The van der Waals surface area contributed by atoms with Crippen LogP contribution < -0.4 is 4.74 Å². The van der Waals surface area contributed by atoms with Crippen LogP contribution in [0.4, 0.5) is 0 Å². The number of thiophene rings is 2. The summed E-state index contributed by atoms with van der Waals surface area (Å²) in [6.07, 6.45) is 0.909. The average molecular weight is 341 g/mol. The zero-order valence-corrected chi connectivity index (χ0v) is 13.5. The number of rotatable bonds is 2. The lowest BCUT2D eigenvalue weighted by molar-refractivity contribution is 0.354. The number of halogens is 2. The molecule has 1 aromatic carbocycles. The van der Waals surface area contributed by atoms with Gasteiger partial charge in [0.25, 0.3) is 0 Å². The Bertz CT molecular complexity index is 762. The molecule has 4 rings (SSSR count). The minimum absolute atomic E-state index is 0.204. The predicted octanol–water partition coefficient (Wildman–Crippen LogP) is 5.88. The Labute approximate surface area is 134 Å². The van der Waals surface area contributed by atoms with Gasteiger partial charge in [0.15, 0.2) is 0 Å². The fraction of sp³-hybridized carbons (Fsp3) is 0.200. The second kappa shape index (κ2) is 4.92. The number of ether oxygens (including phenoxy) is 1. The molecule has 0 saturated carbocycles. The minimum Gasteiger partial charge on any atom is -0.493 e. The Balaban J connectivity index is 1.82. The smallest absolute Gasteiger partial charge is 0.127 e. The van der Waals surface area contributed by atoms with Crippen molar-refractivity contribution >= 4 is 55.3 Å². The van der Waals surface area contributed by atoms with E-state index in [2.05, 4.69) is 17.5 Å². The van der Waals surface area contributed by atoms with Crippen molar-refractivity contribution in [1.82, 2.24) is 0 Å². The number of benzene rings is 1. The summed E-state index contributed by atoms with van der Waals surface area (Å²) in [6.45, 7) is 0.714. The van der Waals surface area contributed by atoms with Gasteiger partial charge in [-0.25, -0.2) is 0 Å². The van der Waals surface area contributed by atoms with Gasteiger partial charge in [0.2, 0.25) is 0 Å². The van der Waals surface area contributed by atoms with E-state index in [4.69, 9.17) is 27.9 Å². The summed E-state index contributed by atoms with van der Waals surface area (Å²) in [4.78, 5) is 1.15. The molecule has 0 N–H and O–H groups in total. The van der Waals surface area contributed by atoms with Gasteiger partial charge in [-0.1, -0.05) is 11.6 Å². The van der Waals surface area contributed by atoms with E-state index in [-0.39, 0.29) is 5.38 Å². The van der Waals surface area contributed by atoms with Crippen LogP contribution >= 0.6 is 45.9 Å². The summed E-state index contributed by atoms with van der Waals surface area (Å²) in [5.41, 5.74) is 2.15. The van der Waals surface area contributed by atoms with E-state index in [1.807, 2.05) is 12.1 Å². The molecule has 0 radical (unpaired) electrons. The molecule has 1 unspecified atom stereocenters. The molecule has 0 saturated heterocycles. The maximum atomic E-state index is 6.69. The molecule has 20 heavy (non-hydrogen) atoms. The van der Waals surface area contributed by atoms with E-state index < -0.39 is 0 Å². The van der Waals surface area contributed by atoms with E-state index >= 15 is 0 Å². The van der Waals surface area contributed by atoms with E-state index in [0.717, 1.165) is 33.2 Å². The first-order valence-corrected chi connectivity index (χ1v) is 8.79. The summed E-state index contributed by atoms with van der Waals surface area (Å²) >= 11 is 16.4. The molecular formula is C15H10Cl2OS2. The quantitative estimate of drug-likeness (QED) is 0.529. The van der Waals surface area contributed by atoms with Crippen molar-refractivity contribution in [2.75, 3.05) is 6.61 Å². The van der Waals surface area contributed by atoms with Crippen LogP contribution in [0.3, 0.4) is 0 Å². The van der Waals surface area contributed by atoms with Crippen molar-refractivity contribution in [3.05, 3.63) is 50.7 Å². The zero-order chi connectivity index (χ0) is 13.7. The fourth-order valence-corrected chi connectivity index (χ4v) is 5.27. The van der Waals surface area contributed by atoms with Crippen LogP contribution in [0.2, 0.25) is 5.02 Å². The van der Waals surface area contributed by atoms with Crippen LogP contribution in [0.15, 0.2) is 29.6 Å². The van der Waals surface area contributed by atoms with Gasteiger partial charge in [-0.2, -0.15) is 0 Å². The molecule has 1 atom stereocenters. The summed E-state index contributed by atoms with van der Waals surface area (Å²) < 4.78 is 8.32. The molecule has 2 aromatic heterocycles.